The number of nitrogens with zero attached hydrogens (tertiary/aromatic N) is 5. The topological polar surface area (TPSA) is 76.7 Å². The van der Waals surface area contributed by atoms with Crippen LogP contribution in [0.1, 0.15) is 12.5 Å². The Labute approximate surface area is 135 Å². The first-order valence-electron chi connectivity index (χ1n) is 8.02. The van der Waals surface area contributed by atoms with E-state index in [2.05, 4.69) is 27.7 Å². The first-order valence-corrected chi connectivity index (χ1v) is 8.02. The van der Waals surface area contributed by atoms with Crippen molar-refractivity contribution in [2.24, 2.45) is 0 Å². The molecule has 1 aromatic rings. The zero-order valence-electron chi connectivity index (χ0n) is 13.3. The maximum absolute atomic E-state index is 10.8. The minimum Gasteiger partial charge on any atom is -0.367 e. The number of non-ortho nitro benzene ring substituents is 1. The van der Waals surface area contributed by atoms with Crippen molar-refractivity contribution >= 4 is 11.4 Å². The maximum Gasteiger partial charge on any atom is 0.270 e. The van der Waals surface area contributed by atoms with Crippen LogP contribution in [0.5, 0.6) is 0 Å². The third-order valence-electron chi connectivity index (χ3n) is 4.88. The second kappa shape index (κ2) is 6.52. The molecule has 0 N–H and O–H groups in total. The molecular formula is C16H21N5O2. The lowest BCUT2D eigenvalue weighted by Crippen LogP contribution is -2.63. The molecule has 0 amide bonds. The molecule has 2 aliphatic heterocycles. The van der Waals surface area contributed by atoms with Crippen molar-refractivity contribution < 1.29 is 4.92 Å². The summed E-state index contributed by atoms with van der Waals surface area (Å²) < 4.78 is 0. The average molecular weight is 315 g/mol. The monoisotopic (exact) mass is 315 g/mol. The molecule has 3 rings (SSSR count). The number of nitro groups is 1. The van der Waals surface area contributed by atoms with Crippen molar-refractivity contribution in [3.63, 3.8) is 0 Å². The minimum absolute atomic E-state index is 0.0296. The van der Waals surface area contributed by atoms with Gasteiger partial charge in [0.25, 0.3) is 5.69 Å². The van der Waals surface area contributed by atoms with Crippen molar-refractivity contribution in [2.45, 2.75) is 13.0 Å². The summed E-state index contributed by atoms with van der Waals surface area (Å²) in [6, 6.07) is 7.14. The highest BCUT2D eigenvalue weighted by Gasteiger charge is 2.34. The summed E-state index contributed by atoms with van der Waals surface area (Å²) in [5.41, 5.74) is 1.16. The fraction of sp³-hybridized carbons (Fsp3) is 0.562. The Kier molecular flexibility index (Phi) is 4.46. The van der Waals surface area contributed by atoms with E-state index in [1.807, 2.05) is 0 Å². The summed E-state index contributed by atoms with van der Waals surface area (Å²) in [4.78, 5) is 17.5. The molecule has 0 atom stereocenters. The quantitative estimate of drug-likeness (QED) is 0.615. The van der Waals surface area contributed by atoms with Crippen LogP contribution in [0, 0.1) is 21.4 Å². The molecule has 2 heterocycles. The van der Waals surface area contributed by atoms with Crippen LogP contribution in [0.15, 0.2) is 18.2 Å². The highest BCUT2D eigenvalue weighted by molar-refractivity contribution is 5.64. The number of hydrogen-bond donors (Lipinski definition) is 0. The summed E-state index contributed by atoms with van der Waals surface area (Å²) in [5.74, 6) is 0. The molecule has 23 heavy (non-hydrogen) atoms. The minimum atomic E-state index is -0.462. The van der Waals surface area contributed by atoms with E-state index < -0.39 is 4.92 Å². The third kappa shape index (κ3) is 3.14. The van der Waals surface area contributed by atoms with Crippen molar-refractivity contribution in [3.05, 3.63) is 33.9 Å². The molecule has 122 valence electrons. The van der Waals surface area contributed by atoms with E-state index in [1.165, 1.54) is 12.1 Å². The number of hydrogen-bond acceptors (Lipinski definition) is 6. The predicted molar refractivity (Wildman–Crippen MR) is 87.5 cm³/mol. The SMILES string of the molecule is CCN1CCN(C2CN(c3ccc([N+](=O)[O-])cc3C#N)C2)CC1. The largest absolute Gasteiger partial charge is 0.367 e. The number of rotatable bonds is 4. The normalized spacial score (nSPS) is 20.1. The molecule has 2 fully saturated rings. The Morgan fingerprint density at radius 1 is 1.30 bits per heavy atom. The van der Waals surface area contributed by atoms with E-state index >= 15 is 0 Å². The number of anilines is 1. The van der Waals surface area contributed by atoms with Gasteiger partial charge >= 0.3 is 0 Å². The Bertz CT molecular complexity index is 628. The summed E-state index contributed by atoms with van der Waals surface area (Å²) in [5, 5.41) is 20.1. The van der Waals surface area contributed by atoms with Gasteiger partial charge < -0.3 is 9.80 Å². The van der Waals surface area contributed by atoms with Crippen LogP contribution in [0.2, 0.25) is 0 Å². The Balaban J connectivity index is 1.61. The number of benzene rings is 1. The molecule has 0 bridgehead atoms. The van der Waals surface area contributed by atoms with E-state index in [9.17, 15) is 15.4 Å². The standard InChI is InChI=1S/C16H21N5O2/c1-2-18-5-7-19(8-6-18)15-11-20(12-15)16-4-3-14(21(22)23)9-13(16)10-17/h3-4,9,15H,2,5-8,11-12H2,1H3. The van der Waals surface area contributed by atoms with E-state index in [1.54, 1.807) is 6.07 Å². The zero-order valence-corrected chi connectivity index (χ0v) is 13.3. The number of nitro benzene ring substituents is 1. The second-order valence-electron chi connectivity index (χ2n) is 6.10. The summed E-state index contributed by atoms with van der Waals surface area (Å²) in [6.45, 7) is 9.51. The van der Waals surface area contributed by atoms with Gasteiger partial charge in [-0.2, -0.15) is 5.26 Å². The van der Waals surface area contributed by atoms with Gasteiger partial charge in [0.15, 0.2) is 0 Å². The van der Waals surface area contributed by atoms with Crippen molar-refractivity contribution in [3.8, 4) is 6.07 Å². The highest BCUT2D eigenvalue weighted by atomic mass is 16.6. The summed E-state index contributed by atoms with van der Waals surface area (Å²) in [6.07, 6.45) is 0. The smallest absolute Gasteiger partial charge is 0.270 e. The van der Waals surface area contributed by atoms with Gasteiger partial charge in [-0.15, -0.1) is 0 Å². The van der Waals surface area contributed by atoms with Gasteiger partial charge in [0.1, 0.15) is 6.07 Å². The molecule has 0 radical (unpaired) electrons. The average Bonchev–Trinajstić information content (AvgIpc) is 2.54. The molecule has 0 aliphatic carbocycles. The lowest BCUT2D eigenvalue weighted by molar-refractivity contribution is -0.384. The third-order valence-corrected chi connectivity index (χ3v) is 4.88. The first-order chi connectivity index (χ1) is 11.1. The molecule has 0 unspecified atom stereocenters. The lowest BCUT2D eigenvalue weighted by Gasteiger charge is -2.49. The van der Waals surface area contributed by atoms with Gasteiger partial charge in [-0.3, -0.25) is 15.0 Å². The molecule has 0 spiro atoms. The second-order valence-corrected chi connectivity index (χ2v) is 6.10. The molecule has 1 aromatic carbocycles. The van der Waals surface area contributed by atoms with Crippen LogP contribution in [-0.4, -0.2) is 66.6 Å². The van der Waals surface area contributed by atoms with Crippen molar-refractivity contribution in [1.82, 2.24) is 9.80 Å². The van der Waals surface area contributed by atoms with Crippen LogP contribution in [0.25, 0.3) is 0 Å². The lowest BCUT2D eigenvalue weighted by atomic mass is 10.0. The van der Waals surface area contributed by atoms with Gasteiger partial charge in [-0.25, -0.2) is 0 Å². The van der Waals surface area contributed by atoms with Crippen LogP contribution in [0.4, 0.5) is 11.4 Å². The number of nitriles is 1. The van der Waals surface area contributed by atoms with Crippen LogP contribution in [0.3, 0.4) is 0 Å². The predicted octanol–water partition coefficient (Wildman–Crippen LogP) is 1.29. The summed E-state index contributed by atoms with van der Waals surface area (Å²) in [7, 11) is 0. The van der Waals surface area contributed by atoms with E-state index in [0.717, 1.165) is 51.5 Å². The molecule has 0 saturated carbocycles. The van der Waals surface area contributed by atoms with E-state index in [0.29, 0.717) is 11.6 Å². The first kappa shape index (κ1) is 15.7. The van der Waals surface area contributed by atoms with E-state index in [-0.39, 0.29) is 5.69 Å². The number of piperazine rings is 1. The molecule has 2 saturated heterocycles. The van der Waals surface area contributed by atoms with Crippen molar-refractivity contribution in [1.29, 1.82) is 5.26 Å². The molecular weight excluding hydrogens is 294 g/mol. The Morgan fingerprint density at radius 2 is 2.00 bits per heavy atom. The highest BCUT2D eigenvalue weighted by Crippen LogP contribution is 2.30. The van der Waals surface area contributed by atoms with Crippen LogP contribution in [-0.2, 0) is 0 Å². The molecule has 7 heteroatoms. The van der Waals surface area contributed by atoms with E-state index in [4.69, 9.17) is 0 Å². The summed E-state index contributed by atoms with van der Waals surface area (Å²) >= 11 is 0. The number of likely N-dealkylation sites (N-methyl/N-ethyl adjacent to an activating group) is 1. The van der Waals surface area contributed by atoms with Gasteiger partial charge in [-0.1, -0.05) is 6.92 Å². The van der Waals surface area contributed by atoms with Crippen LogP contribution < -0.4 is 4.90 Å². The Hall–Kier alpha value is -2.17. The fourth-order valence-electron chi connectivity index (χ4n) is 3.33. The molecule has 7 nitrogen and oxygen atoms in total. The van der Waals surface area contributed by atoms with Gasteiger partial charge in [0.2, 0.25) is 0 Å². The molecule has 0 aromatic heterocycles. The van der Waals surface area contributed by atoms with Gasteiger partial charge in [-0.05, 0) is 12.6 Å². The van der Waals surface area contributed by atoms with Crippen LogP contribution >= 0.6 is 0 Å². The maximum atomic E-state index is 10.8. The van der Waals surface area contributed by atoms with Gasteiger partial charge in [0.05, 0.1) is 16.2 Å². The van der Waals surface area contributed by atoms with Gasteiger partial charge in [0, 0.05) is 57.4 Å². The molecule has 2 aliphatic rings. The van der Waals surface area contributed by atoms with Crippen molar-refractivity contribution in [2.75, 3.05) is 50.7 Å². The Morgan fingerprint density at radius 3 is 2.57 bits per heavy atom. The fourth-order valence-corrected chi connectivity index (χ4v) is 3.33. The zero-order chi connectivity index (χ0) is 16.4.